The molecular formula is C33H54N2. The molecule has 0 bridgehead atoms. The molecule has 0 saturated carbocycles. The highest BCUT2D eigenvalue weighted by atomic mass is 14.9. The first-order chi connectivity index (χ1) is 17.2. The van der Waals surface area contributed by atoms with Gasteiger partial charge in [-0.2, -0.15) is 0 Å². The van der Waals surface area contributed by atoms with Crippen LogP contribution in [0.4, 0.5) is 0 Å². The van der Waals surface area contributed by atoms with Crippen LogP contribution in [0.15, 0.2) is 36.7 Å². The van der Waals surface area contributed by atoms with Crippen LogP contribution >= 0.6 is 0 Å². The van der Waals surface area contributed by atoms with Gasteiger partial charge >= 0.3 is 0 Å². The van der Waals surface area contributed by atoms with Gasteiger partial charge in [0.05, 0.1) is 0 Å². The van der Waals surface area contributed by atoms with Crippen molar-refractivity contribution in [1.29, 1.82) is 0 Å². The van der Waals surface area contributed by atoms with E-state index >= 15 is 0 Å². The number of hydrogen-bond acceptors (Lipinski definition) is 2. The summed E-state index contributed by atoms with van der Waals surface area (Å²) in [5, 5.41) is 0. The summed E-state index contributed by atoms with van der Waals surface area (Å²) in [6.07, 6.45) is 29.7. The van der Waals surface area contributed by atoms with Gasteiger partial charge in [-0.3, -0.25) is 0 Å². The molecule has 35 heavy (non-hydrogen) atoms. The van der Waals surface area contributed by atoms with E-state index in [2.05, 4.69) is 55.0 Å². The van der Waals surface area contributed by atoms with Gasteiger partial charge in [0.2, 0.25) is 0 Å². The van der Waals surface area contributed by atoms with Crippen LogP contribution in [0.25, 0.3) is 11.4 Å². The Balaban J connectivity index is 1.56. The molecule has 0 radical (unpaired) electrons. The van der Waals surface area contributed by atoms with Crippen molar-refractivity contribution in [2.24, 2.45) is 5.92 Å². The van der Waals surface area contributed by atoms with Crippen LogP contribution in [-0.2, 0) is 12.8 Å². The Bertz CT molecular complexity index is 735. The lowest BCUT2D eigenvalue weighted by Crippen LogP contribution is -1.94. The number of unbranched alkanes of at least 4 members (excludes halogenated alkanes) is 13. The normalized spacial score (nSPS) is 12.2. The van der Waals surface area contributed by atoms with E-state index in [4.69, 9.17) is 0 Å². The van der Waals surface area contributed by atoms with Crippen molar-refractivity contribution in [3.05, 3.63) is 47.8 Å². The van der Waals surface area contributed by atoms with Crippen molar-refractivity contribution in [3.63, 3.8) is 0 Å². The van der Waals surface area contributed by atoms with E-state index in [0.29, 0.717) is 0 Å². The molecule has 0 amide bonds. The zero-order valence-corrected chi connectivity index (χ0v) is 23.4. The molecule has 196 valence electrons. The topological polar surface area (TPSA) is 25.8 Å². The van der Waals surface area contributed by atoms with Crippen molar-refractivity contribution in [2.75, 3.05) is 0 Å². The molecule has 2 rings (SSSR count). The van der Waals surface area contributed by atoms with E-state index < -0.39 is 0 Å². The zero-order valence-electron chi connectivity index (χ0n) is 23.4. The number of benzene rings is 1. The Morgan fingerprint density at radius 2 is 1.06 bits per heavy atom. The second-order valence-corrected chi connectivity index (χ2v) is 10.9. The predicted octanol–water partition coefficient (Wildman–Crippen LogP) is 10.5. The second kappa shape index (κ2) is 19.5. The van der Waals surface area contributed by atoms with Gasteiger partial charge in [0.25, 0.3) is 0 Å². The van der Waals surface area contributed by atoms with Gasteiger partial charge in [-0.25, -0.2) is 9.97 Å². The molecule has 0 saturated heterocycles. The standard InChI is InChI=1S/C33H54N2/c1-4-6-7-8-9-10-11-12-13-14-19-22-31-27-34-33(35-28-31)32-25-23-30(24-26-32)21-18-16-15-17-20-29(3)5-2/h23-29H,4-22H2,1-3H3. The maximum atomic E-state index is 4.65. The first-order valence-corrected chi connectivity index (χ1v) is 15.1. The third-order valence-electron chi connectivity index (χ3n) is 7.60. The van der Waals surface area contributed by atoms with Gasteiger partial charge < -0.3 is 0 Å². The van der Waals surface area contributed by atoms with Crippen LogP contribution < -0.4 is 0 Å². The predicted molar refractivity (Wildman–Crippen MR) is 154 cm³/mol. The lowest BCUT2D eigenvalue weighted by Gasteiger charge is -2.08. The summed E-state index contributed by atoms with van der Waals surface area (Å²) in [4.78, 5) is 9.31. The van der Waals surface area contributed by atoms with E-state index in [1.165, 1.54) is 127 Å². The SMILES string of the molecule is CCCCCCCCCCCCCc1cnc(-c2ccc(CCCCCCC(C)CC)cc2)nc1. The highest BCUT2D eigenvalue weighted by Crippen LogP contribution is 2.19. The van der Waals surface area contributed by atoms with Gasteiger partial charge in [0.15, 0.2) is 5.82 Å². The van der Waals surface area contributed by atoms with E-state index in [0.717, 1.165) is 23.7 Å². The Hall–Kier alpha value is -1.70. The fraction of sp³-hybridized carbons (Fsp3) is 0.697. The average molecular weight is 479 g/mol. The minimum atomic E-state index is 0.851. The third kappa shape index (κ3) is 13.8. The molecule has 0 aliphatic carbocycles. The summed E-state index contributed by atoms with van der Waals surface area (Å²) in [6, 6.07) is 8.90. The second-order valence-electron chi connectivity index (χ2n) is 10.9. The molecule has 1 atom stereocenters. The fourth-order valence-corrected chi connectivity index (χ4v) is 4.83. The number of hydrogen-bond donors (Lipinski definition) is 0. The first kappa shape index (κ1) is 29.5. The molecule has 0 N–H and O–H groups in total. The lowest BCUT2D eigenvalue weighted by molar-refractivity contribution is 0.475. The van der Waals surface area contributed by atoms with Crippen LogP contribution in [0, 0.1) is 5.92 Å². The summed E-state index contributed by atoms with van der Waals surface area (Å²) in [7, 11) is 0. The number of rotatable bonds is 21. The number of aryl methyl sites for hydroxylation is 2. The third-order valence-corrected chi connectivity index (χ3v) is 7.60. The van der Waals surface area contributed by atoms with Gasteiger partial charge in [-0.1, -0.05) is 141 Å². The molecule has 1 heterocycles. The summed E-state index contributed by atoms with van der Waals surface area (Å²) >= 11 is 0. The van der Waals surface area contributed by atoms with E-state index in [-0.39, 0.29) is 0 Å². The van der Waals surface area contributed by atoms with Crippen molar-refractivity contribution in [1.82, 2.24) is 9.97 Å². The van der Waals surface area contributed by atoms with Crippen LogP contribution in [0.5, 0.6) is 0 Å². The van der Waals surface area contributed by atoms with Gasteiger partial charge in [0.1, 0.15) is 0 Å². The summed E-state index contributed by atoms with van der Waals surface area (Å²) in [5.41, 5.74) is 3.84. The van der Waals surface area contributed by atoms with Gasteiger partial charge in [-0.05, 0) is 42.7 Å². The molecule has 0 spiro atoms. The minimum Gasteiger partial charge on any atom is -0.236 e. The lowest BCUT2D eigenvalue weighted by atomic mass is 9.99. The first-order valence-electron chi connectivity index (χ1n) is 15.1. The maximum Gasteiger partial charge on any atom is 0.159 e. The molecule has 1 aromatic heterocycles. The number of aromatic nitrogens is 2. The van der Waals surface area contributed by atoms with Crippen molar-refractivity contribution < 1.29 is 0 Å². The maximum absolute atomic E-state index is 4.65. The van der Waals surface area contributed by atoms with Crippen molar-refractivity contribution >= 4 is 0 Å². The molecule has 0 aliphatic rings. The number of nitrogens with zero attached hydrogens (tertiary/aromatic N) is 2. The highest BCUT2D eigenvalue weighted by Gasteiger charge is 2.03. The molecule has 2 nitrogen and oxygen atoms in total. The molecule has 0 fully saturated rings. The van der Waals surface area contributed by atoms with Crippen LogP contribution in [0.2, 0.25) is 0 Å². The van der Waals surface area contributed by atoms with Gasteiger partial charge in [-0.15, -0.1) is 0 Å². The van der Waals surface area contributed by atoms with Crippen molar-refractivity contribution in [3.8, 4) is 11.4 Å². The summed E-state index contributed by atoms with van der Waals surface area (Å²) < 4.78 is 0. The minimum absolute atomic E-state index is 0.851. The van der Waals surface area contributed by atoms with Gasteiger partial charge in [0, 0.05) is 18.0 Å². The average Bonchev–Trinajstić information content (AvgIpc) is 2.90. The van der Waals surface area contributed by atoms with E-state index in [9.17, 15) is 0 Å². The van der Waals surface area contributed by atoms with Crippen molar-refractivity contribution in [2.45, 2.75) is 143 Å². The molecule has 2 heteroatoms. The Morgan fingerprint density at radius 1 is 0.571 bits per heavy atom. The summed E-state index contributed by atoms with van der Waals surface area (Å²) in [5.74, 6) is 1.74. The van der Waals surface area contributed by atoms with Crippen LogP contribution in [0.1, 0.15) is 141 Å². The Morgan fingerprint density at radius 3 is 1.60 bits per heavy atom. The molecular weight excluding hydrogens is 424 g/mol. The fourth-order valence-electron chi connectivity index (χ4n) is 4.83. The van der Waals surface area contributed by atoms with E-state index in [1.54, 1.807) is 0 Å². The largest absolute Gasteiger partial charge is 0.236 e. The zero-order chi connectivity index (χ0) is 25.0. The monoisotopic (exact) mass is 478 g/mol. The molecule has 1 aromatic carbocycles. The van der Waals surface area contributed by atoms with E-state index in [1.807, 2.05) is 12.4 Å². The molecule has 2 aromatic rings. The molecule has 1 unspecified atom stereocenters. The Kier molecular flexibility index (Phi) is 16.4. The Labute approximate surface area is 217 Å². The smallest absolute Gasteiger partial charge is 0.159 e. The summed E-state index contributed by atoms with van der Waals surface area (Å²) in [6.45, 7) is 6.96. The van der Waals surface area contributed by atoms with Crippen LogP contribution in [0.3, 0.4) is 0 Å². The highest BCUT2D eigenvalue weighted by molar-refractivity contribution is 5.55. The van der Waals surface area contributed by atoms with Crippen LogP contribution in [-0.4, -0.2) is 9.97 Å². The quantitative estimate of drug-likeness (QED) is 0.167. The molecule has 0 aliphatic heterocycles.